The lowest BCUT2D eigenvalue weighted by Gasteiger charge is -2.15. The van der Waals surface area contributed by atoms with Crippen LogP contribution in [0.1, 0.15) is 31.2 Å². The molecule has 0 radical (unpaired) electrons. The van der Waals surface area contributed by atoms with Gasteiger partial charge in [0.1, 0.15) is 0 Å². The van der Waals surface area contributed by atoms with Crippen molar-refractivity contribution in [1.29, 1.82) is 0 Å². The zero-order valence-electron chi connectivity index (χ0n) is 12.3. The van der Waals surface area contributed by atoms with Gasteiger partial charge in [-0.3, -0.25) is 9.59 Å². The molecule has 118 valence electrons. The quantitative estimate of drug-likeness (QED) is 0.309. The Morgan fingerprint density at radius 1 is 1.27 bits per heavy atom. The van der Waals surface area contributed by atoms with Crippen molar-refractivity contribution in [3.63, 3.8) is 0 Å². The summed E-state index contributed by atoms with van der Waals surface area (Å²) in [6.07, 6.45) is 1.62. The van der Waals surface area contributed by atoms with E-state index in [0.717, 1.165) is 5.69 Å². The number of alkyl halides is 1. The number of hydrogen-bond acceptors (Lipinski definition) is 6. The topological polar surface area (TPSA) is 82.8 Å². The second-order valence-electron chi connectivity index (χ2n) is 4.34. The van der Waals surface area contributed by atoms with Crippen molar-refractivity contribution >= 4 is 40.2 Å². The molecule has 7 nitrogen and oxygen atoms in total. The maximum atomic E-state index is 12.1. The molecule has 8 heteroatoms. The number of aromatic nitrogens is 3. The van der Waals surface area contributed by atoms with Gasteiger partial charge >= 0.3 is 11.9 Å². The minimum atomic E-state index is -1.18. The molecule has 0 saturated carbocycles. The van der Waals surface area contributed by atoms with Crippen LogP contribution in [0.4, 0.5) is 0 Å². The van der Waals surface area contributed by atoms with E-state index in [1.165, 1.54) is 0 Å². The van der Waals surface area contributed by atoms with E-state index in [1.807, 2.05) is 0 Å². The SMILES string of the molecule is CCOC(=O)C(C(=O)OCC)c1cc(CI)n2nccc2n1. The second-order valence-corrected chi connectivity index (χ2v) is 5.11. The van der Waals surface area contributed by atoms with Crippen molar-refractivity contribution in [2.75, 3.05) is 13.2 Å². The molecular formula is C14H16IN3O4. The largest absolute Gasteiger partial charge is 0.465 e. The predicted molar refractivity (Wildman–Crippen MR) is 86.7 cm³/mol. The summed E-state index contributed by atoms with van der Waals surface area (Å²) in [4.78, 5) is 28.6. The number of esters is 2. The fraction of sp³-hybridized carbons (Fsp3) is 0.429. The summed E-state index contributed by atoms with van der Waals surface area (Å²) in [5.41, 5.74) is 1.73. The van der Waals surface area contributed by atoms with Crippen LogP contribution >= 0.6 is 22.6 Å². The first-order chi connectivity index (χ1) is 10.6. The van der Waals surface area contributed by atoms with Gasteiger partial charge in [0.2, 0.25) is 0 Å². The van der Waals surface area contributed by atoms with E-state index < -0.39 is 17.9 Å². The molecule has 2 aromatic rings. The highest BCUT2D eigenvalue weighted by Gasteiger charge is 2.33. The first-order valence-corrected chi connectivity index (χ1v) is 8.37. The highest BCUT2D eigenvalue weighted by Crippen LogP contribution is 2.21. The monoisotopic (exact) mass is 417 g/mol. The smallest absolute Gasteiger partial charge is 0.326 e. The van der Waals surface area contributed by atoms with Crippen LogP contribution in [0, 0.1) is 0 Å². The van der Waals surface area contributed by atoms with E-state index in [2.05, 4.69) is 32.7 Å². The summed E-state index contributed by atoms with van der Waals surface area (Å²) in [7, 11) is 0. The third-order valence-corrected chi connectivity index (χ3v) is 3.71. The molecule has 0 N–H and O–H groups in total. The molecular weight excluding hydrogens is 401 g/mol. The normalized spacial score (nSPS) is 10.9. The average Bonchev–Trinajstić information content (AvgIpc) is 2.95. The van der Waals surface area contributed by atoms with Gasteiger partial charge in [0.25, 0.3) is 0 Å². The maximum absolute atomic E-state index is 12.1. The highest BCUT2D eigenvalue weighted by atomic mass is 127. The van der Waals surface area contributed by atoms with E-state index in [1.54, 1.807) is 36.7 Å². The number of carbonyl (C=O) groups excluding carboxylic acids is 2. The number of halogens is 1. The van der Waals surface area contributed by atoms with Gasteiger partial charge in [-0.15, -0.1) is 0 Å². The van der Waals surface area contributed by atoms with Gasteiger partial charge in [0.15, 0.2) is 11.6 Å². The van der Waals surface area contributed by atoms with E-state index in [0.29, 0.717) is 15.8 Å². The summed E-state index contributed by atoms with van der Waals surface area (Å²) in [5, 5.41) is 4.17. The van der Waals surface area contributed by atoms with Crippen molar-refractivity contribution < 1.29 is 19.1 Å². The summed E-state index contributed by atoms with van der Waals surface area (Å²) in [6.45, 7) is 3.74. The van der Waals surface area contributed by atoms with Crippen LogP contribution in [0.5, 0.6) is 0 Å². The van der Waals surface area contributed by atoms with Crippen LogP contribution in [0.2, 0.25) is 0 Å². The molecule has 2 rings (SSSR count). The molecule has 0 saturated heterocycles. The summed E-state index contributed by atoms with van der Waals surface area (Å²) in [6, 6.07) is 3.40. The van der Waals surface area contributed by atoms with Crippen LogP contribution in [-0.4, -0.2) is 39.8 Å². The van der Waals surface area contributed by atoms with Crippen molar-refractivity contribution in [3.05, 3.63) is 29.7 Å². The molecule has 2 heterocycles. The standard InChI is InChI=1S/C14H16IN3O4/c1-3-21-13(19)12(14(20)22-4-2)10-7-9(8-15)18-11(17-10)5-6-16-18/h5-7,12H,3-4,8H2,1-2H3. The highest BCUT2D eigenvalue weighted by molar-refractivity contribution is 14.1. The van der Waals surface area contributed by atoms with Gasteiger partial charge in [-0.1, -0.05) is 22.6 Å². The van der Waals surface area contributed by atoms with Gasteiger partial charge in [-0.25, -0.2) is 9.50 Å². The van der Waals surface area contributed by atoms with E-state index in [4.69, 9.17) is 9.47 Å². The van der Waals surface area contributed by atoms with E-state index in [-0.39, 0.29) is 13.2 Å². The predicted octanol–water partition coefficient (Wildman–Crippen LogP) is 1.87. The maximum Gasteiger partial charge on any atom is 0.326 e. The Bertz CT molecular complexity index is 668. The number of fused-ring (bicyclic) bond motifs is 1. The van der Waals surface area contributed by atoms with Gasteiger partial charge in [-0.05, 0) is 19.9 Å². The third-order valence-electron chi connectivity index (χ3n) is 2.93. The number of rotatable bonds is 6. The molecule has 22 heavy (non-hydrogen) atoms. The molecule has 0 aliphatic heterocycles. The van der Waals surface area contributed by atoms with Gasteiger partial charge in [0, 0.05) is 10.5 Å². The Hall–Kier alpha value is -1.71. The number of carbonyl (C=O) groups is 2. The summed E-state index contributed by atoms with van der Waals surface area (Å²) in [5.74, 6) is -2.49. The minimum Gasteiger partial charge on any atom is -0.465 e. The van der Waals surface area contributed by atoms with E-state index in [9.17, 15) is 9.59 Å². The van der Waals surface area contributed by atoms with E-state index >= 15 is 0 Å². The van der Waals surface area contributed by atoms with Crippen LogP contribution < -0.4 is 0 Å². The number of nitrogens with zero attached hydrogens (tertiary/aromatic N) is 3. The number of hydrogen-bond donors (Lipinski definition) is 0. The lowest BCUT2D eigenvalue weighted by molar-refractivity contribution is -0.157. The number of ether oxygens (including phenoxy) is 2. The van der Waals surface area contributed by atoms with Gasteiger partial charge < -0.3 is 9.47 Å². The van der Waals surface area contributed by atoms with Crippen molar-refractivity contribution in [2.45, 2.75) is 24.2 Å². The summed E-state index contributed by atoms with van der Waals surface area (Å²) >= 11 is 2.19. The Labute approximate surface area is 141 Å². The fourth-order valence-corrected chi connectivity index (χ4v) is 2.57. The lowest BCUT2D eigenvalue weighted by atomic mass is 10.0. The minimum absolute atomic E-state index is 0.183. The molecule has 0 unspecified atom stereocenters. The van der Waals surface area contributed by atoms with Crippen LogP contribution in [0.25, 0.3) is 5.65 Å². The first kappa shape index (κ1) is 16.7. The van der Waals surface area contributed by atoms with Crippen molar-refractivity contribution in [2.24, 2.45) is 0 Å². The second kappa shape index (κ2) is 7.52. The zero-order valence-corrected chi connectivity index (χ0v) is 14.4. The molecule has 0 spiro atoms. The van der Waals surface area contributed by atoms with Crippen molar-refractivity contribution in [3.8, 4) is 0 Å². The molecule has 0 atom stereocenters. The molecule has 0 fully saturated rings. The molecule has 2 aromatic heterocycles. The Morgan fingerprint density at radius 3 is 2.45 bits per heavy atom. The summed E-state index contributed by atoms with van der Waals surface area (Å²) < 4.78 is 12.3. The molecule has 0 amide bonds. The van der Waals surface area contributed by atoms with Crippen LogP contribution in [0.3, 0.4) is 0 Å². The average molecular weight is 417 g/mol. The molecule has 0 bridgehead atoms. The van der Waals surface area contributed by atoms with Crippen LogP contribution in [-0.2, 0) is 23.5 Å². The molecule has 0 aliphatic rings. The van der Waals surface area contributed by atoms with Crippen LogP contribution in [0.15, 0.2) is 18.3 Å². The Balaban J connectivity index is 2.50. The Morgan fingerprint density at radius 2 is 1.91 bits per heavy atom. The fourth-order valence-electron chi connectivity index (χ4n) is 2.03. The first-order valence-electron chi connectivity index (χ1n) is 6.85. The lowest BCUT2D eigenvalue weighted by Crippen LogP contribution is -2.27. The molecule has 0 aliphatic carbocycles. The third kappa shape index (κ3) is 3.37. The molecule has 0 aromatic carbocycles. The Kier molecular flexibility index (Phi) is 5.69. The van der Waals surface area contributed by atoms with Gasteiger partial charge in [0.05, 0.1) is 30.8 Å². The zero-order chi connectivity index (χ0) is 16.1. The van der Waals surface area contributed by atoms with Crippen molar-refractivity contribution in [1.82, 2.24) is 14.6 Å². The van der Waals surface area contributed by atoms with Gasteiger partial charge in [-0.2, -0.15) is 5.10 Å².